The van der Waals surface area contributed by atoms with Crippen LogP contribution in [0.3, 0.4) is 0 Å². The second kappa shape index (κ2) is 9.34. The first-order valence-corrected chi connectivity index (χ1v) is 6.35. The van der Waals surface area contributed by atoms with Crippen LogP contribution in [0.2, 0.25) is 0 Å². The Balaban J connectivity index is 0.00000361. The molecular formula is C14H22ClN3O2. The predicted molar refractivity (Wildman–Crippen MR) is 82.1 cm³/mol. The van der Waals surface area contributed by atoms with Crippen molar-refractivity contribution in [1.82, 2.24) is 16.0 Å². The van der Waals surface area contributed by atoms with E-state index in [0.29, 0.717) is 12.1 Å². The van der Waals surface area contributed by atoms with Crippen molar-refractivity contribution < 1.29 is 9.59 Å². The maximum atomic E-state index is 11.9. The highest BCUT2D eigenvalue weighted by Gasteiger charge is 2.16. The van der Waals surface area contributed by atoms with Gasteiger partial charge in [-0.15, -0.1) is 12.4 Å². The molecule has 20 heavy (non-hydrogen) atoms. The third-order valence-corrected chi connectivity index (χ3v) is 2.85. The Morgan fingerprint density at radius 1 is 1.15 bits per heavy atom. The molecule has 1 aromatic rings. The highest BCUT2D eigenvalue weighted by Crippen LogP contribution is 1.98. The van der Waals surface area contributed by atoms with E-state index in [1.807, 2.05) is 20.0 Å². The van der Waals surface area contributed by atoms with Crippen LogP contribution < -0.4 is 16.0 Å². The Labute approximate surface area is 125 Å². The Morgan fingerprint density at radius 3 is 2.30 bits per heavy atom. The zero-order valence-corrected chi connectivity index (χ0v) is 12.8. The van der Waals surface area contributed by atoms with Gasteiger partial charge in [0.25, 0.3) is 5.91 Å². The van der Waals surface area contributed by atoms with Gasteiger partial charge in [0.2, 0.25) is 5.91 Å². The fourth-order valence-corrected chi connectivity index (χ4v) is 1.44. The minimum atomic E-state index is -0.559. The topological polar surface area (TPSA) is 70.2 Å². The quantitative estimate of drug-likeness (QED) is 0.732. The van der Waals surface area contributed by atoms with E-state index in [1.165, 1.54) is 0 Å². The Hall–Kier alpha value is -1.59. The minimum Gasteiger partial charge on any atom is -0.353 e. The van der Waals surface area contributed by atoms with Crippen LogP contribution in [0.25, 0.3) is 0 Å². The summed E-state index contributed by atoms with van der Waals surface area (Å²) in [5.41, 5.74) is 0.547. The number of nitrogens with one attached hydrogen (secondary N) is 3. The molecule has 0 radical (unpaired) electrons. The zero-order chi connectivity index (χ0) is 14.3. The summed E-state index contributed by atoms with van der Waals surface area (Å²) in [7, 11) is 1.83. The van der Waals surface area contributed by atoms with Crippen LogP contribution in [-0.2, 0) is 4.79 Å². The van der Waals surface area contributed by atoms with Crippen molar-refractivity contribution >= 4 is 24.2 Å². The highest BCUT2D eigenvalue weighted by molar-refractivity contribution is 5.97. The van der Waals surface area contributed by atoms with E-state index in [0.717, 1.165) is 0 Å². The van der Waals surface area contributed by atoms with E-state index >= 15 is 0 Å². The molecule has 1 rings (SSSR count). The molecule has 3 N–H and O–H groups in total. The van der Waals surface area contributed by atoms with Gasteiger partial charge in [-0.25, -0.2) is 0 Å². The first kappa shape index (κ1) is 18.4. The summed E-state index contributed by atoms with van der Waals surface area (Å²) < 4.78 is 0. The smallest absolute Gasteiger partial charge is 0.251 e. The molecule has 0 spiro atoms. The van der Waals surface area contributed by atoms with Gasteiger partial charge in [-0.3, -0.25) is 9.59 Å². The molecule has 0 bridgehead atoms. The lowest BCUT2D eigenvalue weighted by atomic mass is 10.2. The van der Waals surface area contributed by atoms with Crippen molar-refractivity contribution in [2.75, 3.05) is 13.6 Å². The van der Waals surface area contributed by atoms with Gasteiger partial charge in [0.05, 0.1) is 0 Å². The van der Waals surface area contributed by atoms with Crippen LogP contribution in [0.5, 0.6) is 0 Å². The third kappa shape index (κ3) is 6.04. The molecule has 1 aromatic carbocycles. The number of rotatable bonds is 6. The molecule has 0 heterocycles. The number of hydrogen-bond donors (Lipinski definition) is 3. The summed E-state index contributed by atoms with van der Waals surface area (Å²) in [6, 6.07) is 8.47. The lowest BCUT2D eigenvalue weighted by Gasteiger charge is -2.16. The Bertz CT molecular complexity index is 426. The molecule has 0 fully saturated rings. The Kier molecular flexibility index (Phi) is 8.59. The van der Waals surface area contributed by atoms with Gasteiger partial charge < -0.3 is 16.0 Å². The molecule has 6 heteroatoms. The molecule has 0 saturated heterocycles. The molecule has 5 nitrogen and oxygen atoms in total. The molecule has 2 atom stereocenters. The van der Waals surface area contributed by atoms with Gasteiger partial charge >= 0.3 is 0 Å². The summed E-state index contributed by atoms with van der Waals surface area (Å²) in [4.78, 5) is 23.6. The normalized spacial score (nSPS) is 12.8. The molecule has 2 amide bonds. The number of halogens is 1. The lowest BCUT2D eigenvalue weighted by molar-refractivity contribution is -0.122. The van der Waals surface area contributed by atoms with Crippen molar-refractivity contribution in [2.45, 2.75) is 25.9 Å². The van der Waals surface area contributed by atoms with Gasteiger partial charge in [0.1, 0.15) is 6.04 Å². The van der Waals surface area contributed by atoms with Crippen LogP contribution in [-0.4, -0.2) is 37.5 Å². The van der Waals surface area contributed by atoms with Crippen molar-refractivity contribution in [3.05, 3.63) is 35.9 Å². The van der Waals surface area contributed by atoms with Gasteiger partial charge in [-0.2, -0.15) is 0 Å². The third-order valence-electron chi connectivity index (χ3n) is 2.85. The first-order chi connectivity index (χ1) is 9.04. The van der Waals surface area contributed by atoms with E-state index in [-0.39, 0.29) is 30.3 Å². The number of benzene rings is 1. The van der Waals surface area contributed by atoms with Crippen LogP contribution in [0, 0.1) is 0 Å². The highest BCUT2D eigenvalue weighted by atomic mass is 35.5. The summed E-state index contributed by atoms with van der Waals surface area (Å²) in [6.45, 7) is 4.16. The largest absolute Gasteiger partial charge is 0.353 e. The van der Waals surface area contributed by atoms with Crippen molar-refractivity contribution in [1.29, 1.82) is 0 Å². The summed E-state index contributed by atoms with van der Waals surface area (Å²) >= 11 is 0. The molecule has 0 aliphatic carbocycles. The van der Waals surface area contributed by atoms with Crippen LogP contribution in [0.4, 0.5) is 0 Å². The summed E-state index contributed by atoms with van der Waals surface area (Å²) in [6.07, 6.45) is 0. The first-order valence-electron chi connectivity index (χ1n) is 6.35. The number of carbonyl (C=O) groups excluding carboxylic acids is 2. The molecule has 0 aliphatic heterocycles. The second-order valence-electron chi connectivity index (χ2n) is 4.50. The Morgan fingerprint density at radius 2 is 1.75 bits per heavy atom. The number of hydrogen-bond acceptors (Lipinski definition) is 3. The number of amides is 2. The molecule has 0 saturated carbocycles. The molecule has 112 valence electrons. The second-order valence-corrected chi connectivity index (χ2v) is 4.50. The zero-order valence-electron chi connectivity index (χ0n) is 12.0. The minimum absolute atomic E-state index is 0. The van der Waals surface area contributed by atoms with E-state index in [4.69, 9.17) is 0 Å². The lowest BCUT2D eigenvalue weighted by Crippen LogP contribution is -2.47. The average molecular weight is 300 g/mol. The maximum absolute atomic E-state index is 11.9. The van der Waals surface area contributed by atoms with Gasteiger partial charge in [-0.05, 0) is 33.0 Å². The molecular weight excluding hydrogens is 278 g/mol. The fourth-order valence-electron chi connectivity index (χ4n) is 1.44. The SMILES string of the molecule is CNC(C)CNC(=O)C(C)NC(=O)c1ccccc1.Cl. The molecule has 2 unspecified atom stereocenters. The average Bonchev–Trinajstić information content (AvgIpc) is 2.44. The van der Waals surface area contributed by atoms with E-state index in [2.05, 4.69) is 16.0 Å². The van der Waals surface area contributed by atoms with Gasteiger partial charge in [0, 0.05) is 18.2 Å². The number of likely N-dealkylation sites (N-methyl/N-ethyl adjacent to an activating group) is 1. The van der Waals surface area contributed by atoms with E-state index in [1.54, 1.807) is 31.2 Å². The molecule has 0 aliphatic rings. The number of carbonyl (C=O) groups is 2. The fraction of sp³-hybridized carbons (Fsp3) is 0.429. The monoisotopic (exact) mass is 299 g/mol. The van der Waals surface area contributed by atoms with E-state index in [9.17, 15) is 9.59 Å². The van der Waals surface area contributed by atoms with Crippen molar-refractivity contribution in [3.8, 4) is 0 Å². The van der Waals surface area contributed by atoms with Crippen LogP contribution in [0.15, 0.2) is 30.3 Å². The standard InChI is InChI=1S/C14H21N3O2.ClH/c1-10(15-3)9-16-13(18)11(2)17-14(19)12-7-5-4-6-8-12;/h4-8,10-11,15H,9H2,1-3H3,(H,16,18)(H,17,19);1H. The van der Waals surface area contributed by atoms with Crippen molar-refractivity contribution in [3.63, 3.8) is 0 Å². The predicted octanol–water partition coefficient (Wildman–Crippen LogP) is 0.951. The van der Waals surface area contributed by atoms with Crippen LogP contribution in [0.1, 0.15) is 24.2 Å². The van der Waals surface area contributed by atoms with Crippen molar-refractivity contribution in [2.24, 2.45) is 0 Å². The van der Waals surface area contributed by atoms with Gasteiger partial charge in [0.15, 0.2) is 0 Å². The van der Waals surface area contributed by atoms with Gasteiger partial charge in [-0.1, -0.05) is 18.2 Å². The maximum Gasteiger partial charge on any atom is 0.251 e. The van der Waals surface area contributed by atoms with E-state index < -0.39 is 6.04 Å². The summed E-state index contributed by atoms with van der Waals surface area (Å²) in [5, 5.41) is 8.46. The van der Waals surface area contributed by atoms with Crippen LogP contribution >= 0.6 is 12.4 Å². The summed E-state index contributed by atoms with van der Waals surface area (Å²) in [5.74, 6) is -0.434. The molecule has 0 aromatic heterocycles.